The first kappa shape index (κ1) is 20.6. The molecular formula is C27H25NO3. The van der Waals surface area contributed by atoms with Crippen LogP contribution in [0.1, 0.15) is 46.8 Å². The number of fused-ring (bicyclic) bond motifs is 1. The Hall–Kier alpha value is -3.66. The van der Waals surface area contributed by atoms with Gasteiger partial charge in [0, 0.05) is 22.9 Å². The van der Waals surface area contributed by atoms with E-state index in [-0.39, 0.29) is 11.3 Å². The van der Waals surface area contributed by atoms with E-state index >= 15 is 0 Å². The Labute approximate surface area is 181 Å². The van der Waals surface area contributed by atoms with Crippen molar-refractivity contribution in [2.45, 2.75) is 33.6 Å². The molecule has 156 valence electrons. The van der Waals surface area contributed by atoms with Crippen molar-refractivity contribution in [2.24, 2.45) is 0 Å². The summed E-state index contributed by atoms with van der Waals surface area (Å²) in [4.78, 5) is 25.4. The van der Waals surface area contributed by atoms with E-state index in [4.69, 9.17) is 4.42 Å². The Morgan fingerprint density at radius 2 is 1.68 bits per heavy atom. The van der Waals surface area contributed by atoms with Crippen LogP contribution in [0.2, 0.25) is 0 Å². The standard InChI is InChI=1S/C27H25NO3/c1-16(2)21-7-5-6-18(4)26(21)28-27(30)20-11-9-19(10-12-20)25-15-23(29)22-14-17(3)8-13-24(22)31-25/h5-16H,1-4H3,(H,28,30). The second kappa shape index (κ2) is 8.23. The predicted octanol–water partition coefficient (Wildman–Crippen LogP) is 6.45. The first-order chi connectivity index (χ1) is 14.8. The van der Waals surface area contributed by atoms with Gasteiger partial charge in [-0.3, -0.25) is 9.59 Å². The zero-order chi connectivity index (χ0) is 22.1. The average molecular weight is 412 g/mol. The molecule has 1 amide bonds. The van der Waals surface area contributed by atoms with Gasteiger partial charge >= 0.3 is 0 Å². The lowest BCUT2D eigenvalue weighted by atomic mass is 9.98. The summed E-state index contributed by atoms with van der Waals surface area (Å²) in [6.07, 6.45) is 0. The fourth-order valence-corrected chi connectivity index (χ4v) is 3.73. The van der Waals surface area contributed by atoms with Crippen molar-refractivity contribution in [3.63, 3.8) is 0 Å². The molecule has 1 N–H and O–H groups in total. The van der Waals surface area contributed by atoms with Crippen LogP contribution in [-0.4, -0.2) is 5.91 Å². The van der Waals surface area contributed by atoms with Gasteiger partial charge < -0.3 is 9.73 Å². The smallest absolute Gasteiger partial charge is 0.255 e. The number of anilines is 1. The zero-order valence-electron chi connectivity index (χ0n) is 18.2. The fourth-order valence-electron chi connectivity index (χ4n) is 3.73. The second-order valence-corrected chi connectivity index (χ2v) is 8.20. The molecule has 0 atom stereocenters. The summed E-state index contributed by atoms with van der Waals surface area (Å²) in [6.45, 7) is 8.15. The third-order valence-electron chi connectivity index (χ3n) is 5.48. The molecule has 0 radical (unpaired) electrons. The molecular weight excluding hydrogens is 386 g/mol. The van der Waals surface area contributed by atoms with Crippen LogP contribution in [0.25, 0.3) is 22.3 Å². The van der Waals surface area contributed by atoms with Crippen molar-refractivity contribution in [1.29, 1.82) is 0 Å². The van der Waals surface area contributed by atoms with E-state index in [1.807, 2.05) is 50.2 Å². The highest BCUT2D eigenvalue weighted by Gasteiger charge is 2.14. The van der Waals surface area contributed by atoms with Gasteiger partial charge in [0.2, 0.25) is 0 Å². The van der Waals surface area contributed by atoms with E-state index in [2.05, 4.69) is 19.2 Å². The van der Waals surface area contributed by atoms with Gasteiger partial charge in [-0.2, -0.15) is 0 Å². The molecule has 4 nitrogen and oxygen atoms in total. The maximum atomic E-state index is 12.9. The quantitative estimate of drug-likeness (QED) is 0.420. The normalized spacial score (nSPS) is 11.1. The van der Waals surface area contributed by atoms with Crippen LogP contribution in [0.4, 0.5) is 5.69 Å². The zero-order valence-corrected chi connectivity index (χ0v) is 18.2. The van der Waals surface area contributed by atoms with Crippen LogP contribution >= 0.6 is 0 Å². The number of rotatable bonds is 4. The highest BCUT2D eigenvalue weighted by atomic mass is 16.3. The van der Waals surface area contributed by atoms with E-state index in [9.17, 15) is 9.59 Å². The van der Waals surface area contributed by atoms with Gasteiger partial charge in [-0.1, -0.05) is 55.8 Å². The minimum atomic E-state index is -0.168. The number of benzene rings is 3. The second-order valence-electron chi connectivity index (χ2n) is 8.20. The number of para-hydroxylation sites is 1. The Bertz CT molecular complexity index is 1330. The molecule has 0 saturated carbocycles. The van der Waals surface area contributed by atoms with Crippen molar-refractivity contribution in [3.05, 3.63) is 99.2 Å². The first-order valence-electron chi connectivity index (χ1n) is 10.4. The number of hydrogen-bond donors (Lipinski definition) is 1. The monoisotopic (exact) mass is 411 g/mol. The molecule has 4 heteroatoms. The summed E-state index contributed by atoms with van der Waals surface area (Å²) in [5.74, 6) is 0.615. The van der Waals surface area contributed by atoms with Gasteiger partial charge in [0.15, 0.2) is 5.43 Å². The average Bonchev–Trinajstić information content (AvgIpc) is 2.75. The Morgan fingerprint density at radius 1 is 0.935 bits per heavy atom. The molecule has 0 bridgehead atoms. The number of nitrogens with one attached hydrogen (secondary N) is 1. The number of amides is 1. The Balaban J connectivity index is 1.62. The van der Waals surface area contributed by atoms with Crippen molar-refractivity contribution in [1.82, 2.24) is 0 Å². The van der Waals surface area contributed by atoms with Gasteiger partial charge in [-0.15, -0.1) is 0 Å². The first-order valence-corrected chi connectivity index (χ1v) is 10.4. The third-order valence-corrected chi connectivity index (χ3v) is 5.48. The highest BCUT2D eigenvalue weighted by Crippen LogP contribution is 2.28. The molecule has 4 aromatic rings. The molecule has 31 heavy (non-hydrogen) atoms. The maximum Gasteiger partial charge on any atom is 0.255 e. The molecule has 0 aliphatic heterocycles. The highest BCUT2D eigenvalue weighted by molar-refractivity contribution is 6.05. The van der Waals surface area contributed by atoms with Crippen molar-refractivity contribution >= 4 is 22.6 Å². The lowest BCUT2D eigenvalue weighted by molar-refractivity contribution is 0.102. The summed E-state index contributed by atoms with van der Waals surface area (Å²) in [5.41, 5.74) is 5.77. The minimum Gasteiger partial charge on any atom is -0.456 e. The summed E-state index contributed by atoms with van der Waals surface area (Å²) in [5, 5.41) is 3.63. The predicted molar refractivity (Wildman–Crippen MR) is 126 cm³/mol. The third kappa shape index (κ3) is 4.15. The van der Waals surface area contributed by atoms with Gasteiger partial charge in [0.05, 0.1) is 5.39 Å². The molecule has 0 aliphatic carbocycles. The fraction of sp³-hybridized carbons (Fsp3) is 0.185. The molecule has 0 aliphatic rings. The van der Waals surface area contributed by atoms with Crippen LogP contribution in [0.5, 0.6) is 0 Å². The van der Waals surface area contributed by atoms with E-state index in [1.165, 1.54) is 6.07 Å². The molecule has 0 spiro atoms. The van der Waals surface area contributed by atoms with Gasteiger partial charge in [0.1, 0.15) is 11.3 Å². The van der Waals surface area contributed by atoms with Crippen LogP contribution in [0.15, 0.2) is 75.9 Å². The van der Waals surface area contributed by atoms with E-state index in [0.717, 1.165) is 27.9 Å². The SMILES string of the molecule is Cc1ccc2oc(-c3ccc(C(=O)Nc4c(C)cccc4C(C)C)cc3)cc(=O)c2c1. The summed E-state index contributed by atoms with van der Waals surface area (Å²) in [7, 11) is 0. The number of carbonyl (C=O) groups excluding carboxylic acids is 1. The number of aryl methyl sites for hydroxylation is 2. The summed E-state index contributed by atoms with van der Waals surface area (Å²) in [6, 6.07) is 20.2. The lowest BCUT2D eigenvalue weighted by Crippen LogP contribution is -2.14. The molecule has 1 heterocycles. The largest absolute Gasteiger partial charge is 0.456 e. The molecule has 4 rings (SSSR count). The number of hydrogen-bond acceptors (Lipinski definition) is 3. The summed E-state index contributed by atoms with van der Waals surface area (Å²) >= 11 is 0. The number of carbonyl (C=O) groups is 1. The van der Waals surface area contributed by atoms with Crippen molar-refractivity contribution < 1.29 is 9.21 Å². The van der Waals surface area contributed by atoms with Crippen LogP contribution < -0.4 is 10.7 Å². The van der Waals surface area contributed by atoms with Gasteiger partial charge in [-0.25, -0.2) is 0 Å². The topological polar surface area (TPSA) is 59.3 Å². The molecule has 0 unspecified atom stereocenters. The minimum absolute atomic E-state index is 0.0810. The maximum absolute atomic E-state index is 12.9. The molecule has 0 saturated heterocycles. The van der Waals surface area contributed by atoms with Crippen molar-refractivity contribution in [2.75, 3.05) is 5.32 Å². The van der Waals surface area contributed by atoms with E-state index in [1.54, 1.807) is 24.3 Å². The molecule has 1 aromatic heterocycles. The Kier molecular flexibility index (Phi) is 5.47. The summed E-state index contributed by atoms with van der Waals surface area (Å²) < 4.78 is 5.94. The molecule has 3 aromatic carbocycles. The van der Waals surface area contributed by atoms with E-state index in [0.29, 0.717) is 28.2 Å². The lowest BCUT2D eigenvalue weighted by Gasteiger charge is -2.16. The van der Waals surface area contributed by atoms with Gasteiger partial charge in [-0.05, 0) is 55.2 Å². The van der Waals surface area contributed by atoms with Crippen LogP contribution in [0, 0.1) is 13.8 Å². The van der Waals surface area contributed by atoms with Crippen molar-refractivity contribution in [3.8, 4) is 11.3 Å². The van der Waals surface area contributed by atoms with Crippen LogP contribution in [-0.2, 0) is 0 Å². The Morgan fingerprint density at radius 3 is 2.39 bits per heavy atom. The van der Waals surface area contributed by atoms with Gasteiger partial charge in [0.25, 0.3) is 5.91 Å². The van der Waals surface area contributed by atoms with E-state index < -0.39 is 0 Å². The molecule has 0 fully saturated rings. The van der Waals surface area contributed by atoms with Crippen LogP contribution in [0.3, 0.4) is 0 Å².